The number of halogens is 1. The van der Waals surface area contributed by atoms with E-state index in [1.807, 2.05) is 0 Å². The van der Waals surface area contributed by atoms with Gasteiger partial charge >= 0.3 is 0 Å². The molecule has 0 spiro atoms. The summed E-state index contributed by atoms with van der Waals surface area (Å²) >= 11 is 3.25. The molecule has 0 radical (unpaired) electrons. The van der Waals surface area contributed by atoms with Crippen LogP contribution in [-0.2, 0) is 14.8 Å². The summed E-state index contributed by atoms with van der Waals surface area (Å²) < 4.78 is 33.0. The highest BCUT2D eigenvalue weighted by Gasteiger charge is 2.21. The third-order valence-electron chi connectivity index (χ3n) is 3.17. The van der Waals surface area contributed by atoms with E-state index in [4.69, 9.17) is 10.5 Å². The third kappa shape index (κ3) is 3.92. The van der Waals surface area contributed by atoms with Crippen molar-refractivity contribution in [1.82, 2.24) is 4.72 Å². The summed E-state index contributed by atoms with van der Waals surface area (Å²) in [7, 11) is -3.56. The highest BCUT2D eigenvalue weighted by Crippen LogP contribution is 2.23. The fourth-order valence-electron chi connectivity index (χ4n) is 2.00. The standard InChI is InChI=1S/C12H17BrN2O3S/c13-10-1-2-11(14)12(7-10)19(16,17)15-8-9-3-5-18-6-4-9/h1-2,7,9,15H,3-6,8,14H2. The summed E-state index contributed by atoms with van der Waals surface area (Å²) in [6.07, 6.45) is 1.77. The van der Waals surface area contributed by atoms with Crippen LogP contribution < -0.4 is 10.5 Å². The molecule has 19 heavy (non-hydrogen) atoms. The normalized spacial score (nSPS) is 17.5. The van der Waals surface area contributed by atoms with E-state index in [-0.39, 0.29) is 10.6 Å². The largest absolute Gasteiger partial charge is 0.398 e. The van der Waals surface area contributed by atoms with Crippen molar-refractivity contribution >= 4 is 31.6 Å². The second kappa shape index (κ2) is 6.21. The first kappa shape index (κ1) is 14.8. The molecule has 1 aliphatic rings. The zero-order valence-electron chi connectivity index (χ0n) is 10.4. The van der Waals surface area contributed by atoms with E-state index in [1.54, 1.807) is 12.1 Å². The van der Waals surface area contributed by atoms with Crippen molar-refractivity contribution in [3.63, 3.8) is 0 Å². The monoisotopic (exact) mass is 348 g/mol. The maximum Gasteiger partial charge on any atom is 0.242 e. The van der Waals surface area contributed by atoms with Crippen LogP contribution in [-0.4, -0.2) is 28.2 Å². The van der Waals surface area contributed by atoms with E-state index in [9.17, 15) is 8.42 Å². The van der Waals surface area contributed by atoms with Gasteiger partial charge in [-0.3, -0.25) is 0 Å². The smallest absolute Gasteiger partial charge is 0.242 e. The molecule has 3 N–H and O–H groups in total. The van der Waals surface area contributed by atoms with Gasteiger partial charge in [0.05, 0.1) is 5.69 Å². The van der Waals surface area contributed by atoms with Crippen LogP contribution in [0.4, 0.5) is 5.69 Å². The average Bonchev–Trinajstić information content (AvgIpc) is 2.40. The summed E-state index contributed by atoms with van der Waals surface area (Å²) in [6, 6.07) is 4.81. The first-order valence-electron chi connectivity index (χ1n) is 6.11. The second-order valence-electron chi connectivity index (χ2n) is 4.59. The Hall–Kier alpha value is -0.630. The molecule has 7 heteroatoms. The van der Waals surface area contributed by atoms with Crippen LogP contribution in [0.5, 0.6) is 0 Å². The lowest BCUT2D eigenvalue weighted by Crippen LogP contribution is -2.32. The number of anilines is 1. The molecule has 106 valence electrons. The summed E-state index contributed by atoms with van der Waals surface area (Å²) in [5.74, 6) is 0.330. The minimum Gasteiger partial charge on any atom is -0.398 e. The first-order valence-corrected chi connectivity index (χ1v) is 8.39. The topological polar surface area (TPSA) is 81.4 Å². The van der Waals surface area contributed by atoms with Crippen LogP contribution >= 0.6 is 15.9 Å². The van der Waals surface area contributed by atoms with Gasteiger partial charge in [0, 0.05) is 24.2 Å². The van der Waals surface area contributed by atoms with Gasteiger partial charge in [-0.2, -0.15) is 0 Å². The lowest BCUT2D eigenvalue weighted by atomic mass is 10.0. The minimum atomic E-state index is -3.56. The first-order chi connectivity index (χ1) is 8.99. The van der Waals surface area contributed by atoms with Gasteiger partial charge in [-0.15, -0.1) is 0 Å². The van der Waals surface area contributed by atoms with Gasteiger partial charge in [0.2, 0.25) is 10.0 Å². The van der Waals surface area contributed by atoms with Crippen LogP contribution in [0.3, 0.4) is 0 Å². The van der Waals surface area contributed by atoms with E-state index in [0.29, 0.717) is 30.1 Å². The van der Waals surface area contributed by atoms with E-state index < -0.39 is 10.0 Å². The minimum absolute atomic E-state index is 0.119. The highest BCUT2D eigenvalue weighted by atomic mass is 79.9. The van der Waals surface area contributed by atoms with Gasteiger partial charge in [-0.25, -0.2) is 13.1 Å². The molecule has 1 fully saturated rings. The van der Waals surface area contributed by atoms with Crippen LogP contribution in [0.15, 0.2) is 27.6 Å². The molecule has 0 aromatic heterocycles. The summed E-state index contributed by atoms with van der Waals surface area (Å²) in [4.78, 5) is 0.119. The molecule has 5 nitrogen and oxygen atoms in total. The van der Waals surface area contributed by atoms with Crippen molar-refractivity contribution in [2.45, 2.75) is 17.7 Å². The Kier molecular flexibility index (Phi) is 4.83. The Balaban J connectivity index is 2.07. The zero-order chi connectivity index (χ0) is 13.9. The quantitative estimate of drug-likeness (QED) is 0.812. The number of nitrogens with two attached hydrogens (primary N) is 1. The number of hydrogen-bond acceptors (Lipinski definition) is 4. The van der Waals surface area contributed by atoms with Crippen LogP contribution in [0.1, 0.15) is 12.8 Å². The van der Waals surface area contributed by atoms with Gasteiger partial charge in [-0.1, -0.05) is 15.9 Å². The van der Waals surface area contributed by atoms with Crippen molar-refractivity contribution < 1.29 is 13.2 Å². The average molecular weight is 349 g/mol. The number of ether oxygens (including phenoxy) is 1. The number of nitrogens with one attached hydrogen (secondary N) is 1. The third-order valence-corrected chi connectivity index (χ3v) is 5.14. The second-order valence-corrected chi connectivity index (χ2v) is 7.24. The van der Waals surface area contributed by atoms with Gasteiger partial charge in [0.25, 0.3) is 0 Å². The lowest BCUT2D eigenvalue weighted by molar-refractivity contribution is 0.0678. The Morgan fingerprint density at radius 2 is 2.05 bits per heavy atom. The molecule has 0 atom stereocenters. The van der Waals surface area contributed by atoms with Gasteiger partial charge in [0.1, 0.15) is 4.90 Å². The van der Waals surface area contributed by atoms with E-state index >= 15 is 0 Å². The van der Waals surface area contributed by atoms with E-state index in [0.717, 1.165) is 12.8 Å². The fourth-order valence-corrected chi connectivity index (χ4v) is 3.78. The molecule has 1 heterocycles. The predicted molar refractivity (Wildman–Crippen MR) is 77.3 cm³/mol. The molecule has 1 aromatic carbocycles. The van der Waals surface area contributed by atoms with Gasteiger partial charge < -0.3 is 10.5 Å². The van der Waals surface area contributed by atoms with Crippen molar-refractivity contribution in [2.24, 2.45) is 5.92 Å². The molecule has 0 unspecified atom stereocenters. The summed E-state index contributed by atoms with van der Waals surface area (Å²) in [5, 5.41) is 0. The number of nitrogen functional groups attached to an aromatic ring is 1. The van der Waals surface area contributed by atoms with Gasteiger partial charge in [0.15, 0.2) is 0 Å². The molecule has 1 aliphatic heterocycles. The molecule has 0 saturated carbocycles. The molecular formula is C12H17BrN2O3S. The Morgan fingerprint density at radius 1 is 1.37 bits per heavy atom. The Labute approximate surface area is 121 Å². The summed E-state index contributed by atoms with van der Waals surface area (Å²) in [5.41, 5.74) is 5.98. The van der Waals surface area contributed by atoms with E-state index in [2.05, 4.69) is 20.7 Å². The van der Waals surface area contributed by atoms with Crippen molar-refractivity contribution in [2.75, 3.05) is 25.5 Å². The number of rotatable bonds is 4. The van der Waals surface area contributed by atoms with Crippen LogP contribution in [0.2, 0.25) is 0 Å². The molecule has 0 amide bonds. The maximum atomic E-state index is 12.2. The lowest BCUT2D eigenvalue weighted by Gasteiger charge is -2.22. The van der Waals surface area contributed by atoms with Crippen molar-refractivity contribution in [1.29, 1.82) is 0 Å². The predicted octanol–water partition coefficient (Wildman–Crippen LogP) is 1.74. The molecule has 1 aromatic rings. The summed E-state index contributed by atoms with van der Waals surface area (Å²) in [6.45, 7) is 1.83. The molecule has 2 rings (SSSR count). The fraction of sp³-hybridized carbons (Fsp3) is 0.500. The Morgan fingerprint density at radius 3 is 2.74 bits per heavy atom. The number of hydrogen-bond donors (Lipinski definition) is 2. The van der Waals surface area contributed by atoms with Crippen LogP contribution in [0.25, 0.3) is 0 Å². The zero-order valence-corrected chi connectivity index (χ0v) is 12.8. The molecule has 0 bridgehead atoms. The Bertz CT molecular complexity index is 542. The van der Waals surface area contributed by atoms with Crippen LogP contribution in [0, 0.1) is 5.92 Å². The SMILES string of the molecule is Nc1ccc(Br)cc1S(=O)(=O)NCC1CCOCC1. The van der Waals surface area contributed by atoms with Crippen molar-refractivity contribution in [3.05, 3.63) is 22.7 Å². The molecule has 0 aliphatic carbocycles. The number of sulfonamides is 1. The van der Waals surface area contributed by atoms with E-state index in [1.165, 1.54) is 6.07 Å². The molecular weight excluding hydrogens is 332 g/mol. The maximum absolute atomic E-state index is 12.2. The molecule has 1 saturated heterocycles. The van der Waals surface area contributed by atoms with Gasteiger partial charge in [-0.05, 0) is 37.0 Å². The van der Waals surface area contributed by atoms with Crippen molar-refractivity contribution in [3.8, 4) is 0 Å². The number of benzene rings is 1. The highest BCUT2D eigenvalue weighted by molar-refractivity contribution is 9.10.